The largest absolute Gasteiger partial charge is 0.321 e. The van der Waals surface area contributed by atoms with Crippen LogP contribution in [0.4, 0.5) is 11.4 Å². The highest BCUT2D eigenvalue weighted by Crippen LogP contribution is 2.61. The van der Waals surface area contributed by atoms with Crippen molar-refractivity contribution in [2.24, 2.45) is 23.7 Å². The smallest absolute Gasteiger partial charge is 0.255 e. The van der Waals surface area contributed by atoms with Gasteiger partial charge in [-0.2, -0.15) is 0 Å². The van der Waals surface area contributed by atoms with Crippen LogP contribution in [0.15, 0.2) is 72.8 Å². The maximum Gasteiger partial charge on any atom is 0.255 e. The third-order valence-electron chi connectivity index (χ3n) is 8.87. The van der Waals surface area contributed by atoms with Crippen molar-refractivity contribution in [3.05, 3.63) is 95.1 Å². The van der Waals surface area contributed by atoms with Crippen molar-refractivity contribution in [1.29, 1.82) is 0 Å². The molecule has 3 aromatic rings. The lowest BCUT2D eigenvalue weighted by Gasteiger charge is -2.28. The first-order valence-corrected chi connectivity index (χ1v) is 13.5. The van der Waals surface area contributed by atoms with Gasteiger partial charge in [0.15, 0.2) is 0 Å². The Morgan fingerprint density at radius 1 is 0.811 bits per heavy atom. The minimum Gasteiger partial charge on any atom is -0.321 e. The Balaban J connectivity index is 1.21. The minimum absolute atomic E-state index is 0.0735. The molecule has 5 atom stereocenters. The molecule has 2 bridgehead atoms. The zero-order valence-electron chi connectivity index (χ0n) is 21.3. The van der Waals surface area contributed by atoms with Crippen LogP contribution in [0.25, 0.3) is 0 Å². The Hall–Kier alpha value is -3.73. The van der Waals surface area contributed by atoms with Crippen molar-refractivity contribution >= 4 is 29.1 Å². The normalized spacial score (nSPS) is 26.0. The third kappa shape index (κ3) is 3.79. The highest BCUT2D eigenvalue weighted by atomic mass is 16.2. The molecule has 2 saturated carbocycles. The lowest BCUT2D eigenvalue weighted by Crippen LogP contribution is -2.33. The number of carbonyl (C=O) groups is 3. The van der Waals surface area contributed by atoms with Gasteiger partial charge >= 0.3 is 0 Å². The summed E-state index contributed by atoms with van der Waals surface area (Å²) in [4.78, 5) is 41.5. The highest BCUT2D eigenvalue weighted by Gasteiger charge is 2.64. The molecule has 1 saturated heterocycles. The van der Waals surface area contributed by atoms with E-state index in [0.717, 1.165) is 42.5 Å². The molecule has 1 N–H and O–H groups in total. The van der Waals surface area contributed by atoms with E-state index >= 15 is 0 Å². The summed E-state index contributed by atoms with van der Waals surface area (Å²) in [6.07, 6.45) is 3.59. The summed E-state index contributed by atoms with van der Waals surface area (Å²) < 4.78 is 0. The van der Waals surface area contributed by atoms with Gasteiger partial charge in [-0.3, -0.25) is 19.3 Å². The van der Waals surface area contributed by atoms with Gasteiger partial charge < -0.3 is 5.32 Å². The van der Waals surface area contributed by atoms with E-state index in [4.69, 9.17) is 0 Å². The van der Waals surface area contributed by atoms with E-state index in [0.29, 0.717) is 17.2 Å². The van der Waals surface area contributed by atoms with Crippen LogP contribution in [0.5, 0.6) is 0 Å². The summed E-state index contributed by atoms with van der Waals surface area (Å²) in [6, 6.07) is 23.4. The fraction of sp³-hybridized carbons (Fsp3) is 0.344. The standard InChI is InChI=1S/C32H32N2O3/c1-3-19-11-8-12-20(4-2)29(19)33-30(35)22-13-15-24(16-14-22)34-31(36)27-23-17-25(21-9-6-5-7-10-21)26(18-23)28(27)32(34)37/h5-16,23,25-28H,3-4,17-18H2,1-2H3,(H,33,35)/t23-,25-,26+,27+,28-/m0/s1. The minimum atomic E-state index is -0.238. The number of benzene rings is 3. The molecule has 2 aliphatic carbocycles. The molecule has 188 valence electrons. The molecule has 3 amide bonds. The van der Waals surface area contributed by atoms with E-state index in [1.165, 1.54) is 10.5 Å². The average Bonchev–Trinajstić information content (AvgIpc) is 3.60. The number of anilines is 2. The van der Waals surface area contributed by atoms with Crippen LogP contribution in [-0.2, 0) is 22.4 Å². The summed E-state index contributed by atoms with van der Waals surface area (Å²) in [5, 5.41) is 3.09. The molecule has 0 radical (unpaired) electrons. The molecule has 5 heteroatoms. The molecule has 3 fully saturated rings. The van der Waals surface area contributed by atoms with Crippen LogP contribution in [-0.4, -0.2) is 17.7 Å². The topological polar surface area (TPSA) is 66.5 Å². The third-order valence-corrected chi connectivity index (χ3v) is 8.87. The monoisotopic (exact) mass is 492 g/mol. The van der Waals surface area contributed by atoms with Gasteiger partial charge in [0, 0.05) is 11.3 Å². The van der Waals surface area contributed by atoms with Crippen LogP contribution in [0.1, 0.15) is 59.7 Å². The zero-order chi connectivity index (χ0) is 25.7. The second kappa shape index (κ2) is 9.29. The van der Waals surface area contributed by atoms with Gasteiger partial charge in [0.1, 0.15) is 0 Å². The number of hydrogen-bond donors (Lipinski definition) is 1. The number of nitrogens with one attached hydrogen (secondary N) is 1. The van der Waals surface area contributed by atoms with Gasteiger partial charge in [-0.05, 0) is 84.4 Å². The molecule has 1 aliphatic heterocycles. The SMILES string of the molecule is CCc1cccc(CC)c1NC(=O)c1ccc(N2C(=O)[C@@H]3[C@@H]4C[C@@H]([C@@H]3C2=O)[C@H](c2ccccc2)C4)cc1. The van der Waals surface area contributed by atoms with Crippen molar-refractivity contribution < 1.29 is 14.4 Å². The fourth-order valence-corrected chi connectivity index (χ4v) is 7.15. The summed E-state index contributed by atoms with van der Waals surface area (Å²) in [5.74, 6) is 0.0285. The zero-order valence-corrected chi connectivity index (χ0v) is 21.3. The van der Waals surface area contributed by atoms with Crippen molar-refractivity contribution in [3.63, 3.8) is 0 Å². The maximum atomic E-state index is 13.6. The predicted molar refractivity (Wildman–Crippen MR) is 144 cm³/mol. The van der Waals surface area contributed by atoms with Crippen molar-refractivity contribution in [2.75, 3.05) is 10.2 Å². The summed E-state index contributed by atoms with van der Waals surface area (Å²) in [7, 11) is 0. The van der Waals surface area contributed by atoms with E-state index in [1.807, 2.05) is 36.4 Å². The molecule has 0 aromatic heterocycles. The first kappa shape index (κ1) is 23.7. The molecule has 5 nitrogen and oxygen atoms in total. The van der Waals surface area contributed by atoms with Crippen LogP contribution in [0, 0.1) is 23.7 Å². The molecule has 0 unspecified atom stereocenters. The van der Waals surface area contributed by atoms with E-state index in [-0.39, 0.29) is 41.4 Å². The molecule has 0 spiro atoms. The Morgan fingerprint density at radius 2 is 1.46 bits per heavy atom. The van der Waals surface area contributed by atoms with Crippen LogP contribution in [0.2, 0.25) is 0 Å². The molecular formula is C32H32N2O3. The number of fused-ring (bicyclic) bond motifs is 5. The number of para-hydroxylation sites is 1. The number of aryl methyl sites for hydroxylation is 2. The lowest BCUT2D eigenvalue weighted by molar-refractivity contribution is -0.123. The second-order valence-corrected chi connectivity index (χ2v) is 10.6. The van der Waals surface area contributed by atoms with E-state index < -0.39 is 0 Å². The summed E-state index contributed by atoms with van der Waals surface area (Å²) in [6.45, 7) is 4.15. The Labute approximate surface area is 217 Å². The lowest BCUT2D eigenvalue weighted by atomic mass is 9.73. The van der Waals surface area contributed by atoms with Crippen molar-refractivity contribution in [2.45, 2.75) is 45.4 Å². The predicted octanol–water partition coefficient (Wildman–Crippen LogP) is 5.99. The van der Waals surface area contributed by atoms with Gasteiger partial charge in [-0.15, -0.1) is 0 Å². The molecule has 3 aliphatic rings. The number of nitrogens with zero attached hydrogens (tertiary/aromatic N) is 1. The molecule has 3 aromatic carbocycles. The fourth-order valence-electron chi connectivity index (χ4n) is 7.15. The van der Waals surface area contributed by atoms with Crippen LogP contribution < -0.4 is 10.2 Å². The Bertz CT molecular complexity index is 1340. The van der Waals surface area contributed by atoms with Gasteiger partial charge in [0.2, 0.25) is 11.8 Å². The average molecular weight is 493 g/mol. The summed E-state index contributed by atoms with van der Waals surface area (Å²) >= 11 is 0. The molecule has 1 heterocycles. The van der Waals surface area contributed by atoms with E-state index in [1.54, 1.807) is 24.3 Å². The number of carbonyl (C=O) groups excluding carboxylic acids is 3. The molecule has 6 rings (SSSR count). The first-order valence-electron chi connectivity index (χ1n) is 13.5. The summed E-state index contributed by atoms with van der Waals surface area (Å²) in [5.41, 5.74) is 5.42. The van der Waals surface area contributed by atoms with Gasteiger partial charge in [-0.1, -0.05) is 62.4 Å². The molecular weight excluding hydrogens is 460 g/mol. The van der Waals surface area contributed by atoms with E-state index in [2.05, 4.69) is 31.3 Å². The van der Waals surface area contributed by atoms with Crippen molar-refractivity contribution in [3.8, 4) is 0 Å². The Kier molecular flexibility index (Phi) is 5.94. The number of hydrogen-bond acceptors (Lipinski definition) is 3. The van der Waals surface area contributed by atoms with Crippen LogP contribution >= 0.6 is 0 Å². The quantitative estimate of drug-likeness (QED) is 0.430. The van der Waals surface area contributed by atoms with Gasteiger partial charge in [0.05, 0.1) is 17.5 Å². The number of rotatable bonds is 6. The first-order chi connectivity index (χ1) is 18.0. The molecule has 37 heavy (non-hydrogen) atoms. The highest BCUT2D eigenvalue weighted by molar-refractivity contribution is 6.22. The Morgan fingerprint density at radius 3 is 2.11 bits per heavy atom. The number of imide groups is 1. The van der Waals surface area contributed by atoms with Crippen molar-refractivity contribution in [1.82, 2.24) is 0 Å². The second-order valence-electron chi connectivity index (χ2n) is 10.6. The maximum absolute atomic E-state index is 13.6. The van der Waals surface area contributed by atoms with Gasteiger partial charge in [0.25, 0.3) is 5.91 Å². The van der Waals surface area contributed by atoms with E-state index in [9.17, 15) is 14.4 Å². The van der Waals surface area contributed by atoms with Crippen LogP contribution in [0.3, 0.4) is 0 Å². The number of amides is 3. The van der Waals surface area contributed by atoms with Gasteiger partial charge in [-0.25, -0.2) is 0 Å².